The second-order valence-corrected chi connectivity index (χ2v) is 3.84. The van der Waals surface area contributed by atoms with E-state index in [0.717, 1.165) is 5.56 Å². The molecule has 0 saturated carbocycles. The first-order chi connectivity index (χ1) is 6.61. The molecule has 74 valence electrons. The fourth-order valence-electron chi connectivity index (χ4n) is 1.73. The topological polar surface area (TPSA) is 29.1 Å². The van der Waals surface area contributed by atoms with Crippen molar-refractivity contribution in [1.82, 2.24) is 5.32 Å². The molecule has 1 N–H and O–H groups in total. The molecule has 0 atom stereocenters. The lowest BCUT2D eigenvalue weighted by atomic mass is 9.97. The van der Waals surface area contributed by atoms with Crippen LogP contribution < -0.4 is 5.32 Å². The maximum Gasteiger partial charge on any atom is 0.254 e. The predicted molar refractivity (Wildman–Crippen MR) is 51.7 cm³/mol. The van der Waals surface area contributed by atoms with Crippen molar-refractivity contribution in [2.24, 2.45) is 0 Å². The first kappa shape index (κ1) is 9.19. The molecule has 14 heavy (non-hydrogen) atoms. The van der Waals surface area contributed by atoms with Gasteiger partial charge in [-0.25, -0.2) is 4.39 Å². The van der Waals surface area contributed by atoms with Crippen LogP contribution in [0.1, 0.15) is 41.3 Å². The Balaban J connectivity index is 2.61. The lowest BCUT2D eigenvalue weighted by Crippen LogP contribution is -2.14. The number of amides is 1. The first-order valence-corrected chi connectivity index (χ1v) is 4.70. The molecule has 0 aromatic heterocycles. The van der Waals surface area contributed by atoms with E-state index in [2.05, 4.69) is 5.32 Å². The fraction of sp³-hybridized carbons (Fsp3) is 0.364. The van der Waals surface area contributed by atoms with E-state index in [4.69, 9.17) is 0 Å². The average molecular weight is 193 g/mol. The average Bonchev–Trinajstić information content (AvgIpc) is 2.48. The van der Waals surface area contributed by atoms with Gasteiger partial charge < -0.3 is 5.32 Å². The van der Waals surface area contributed by atoms with Gasteiger partial charge in [0.15, 0.2) is 0 Å². The Kier molecular flexibility index (Phi) is 2.02. The highest BCUT2D eigenvalue weighted by Crippen LogP contribution is 2.26. The van der Waals surface area contributed by atoms with Gasteiger partial charge in [-0.2, -0.15) is 0 Å². The van der Waals surface area contributed by atoms with Crippen LogP contribution in [-0.4, -0.2) is 5.91 Å². The van der Waals surface area contributed by atoms with E-state index < -0.39 is 0 Å². The Morgan fingerprint density at radius 3 is 2.79 bits per heavy atom. The molecule has 1 aromatic carbocycles. The van der Waals surface area contributed by atoms with Gasteiger partial charge in [0, 0.05) is 6.54 Å². The molecular weight excluding hydrogens is 181 g/mol. The first-order valence-electron chi connectivity index (χ1n) is 4.70. The summed E-state index contributed by atoms with van der Waals surface area (Å²) in [5, 5.41) is 2.61. The van der Waals surface area contributed by atoms with Crippen LogP contribution in [0.25, 0.3) is 0 Å². The van der Waals surface area contributed by atoms with Crippen molar-refractivity contribution in [2.45, 2.75) is 26.3 Å². The summed E-state index contributed by atoms with van der Waals surface area (Å²) >= 11 is 0. The number of halogens is 1. The second kappa shape index (κ2) is 3.08. The van der Waals surface area contributed by atoms with E-state index in [9.17, 15) is 9.18 Å². The van der Waals surface area contributed by atoms with Crippen LogP contribution in [0.4, 0.5) is 4.39 Å². The summed E-state index contributed by atoms with van der Waals surface area (Å²) in [7, 11) is 0. The van der Waals surface area contributed by atoms with E-state index >= 15 is 0 Å². The molecule has 3 heteroatoms. The quantitative estimate of drug-likeness (QED) is 0.727. The molecule has 1 aliphatic heterocycles. The summed E-state index contributed by atoms with van der Waals surface area (Å²) < 4.78 is 13.8. The third kappa shape index (κ3) is 1.20. The molecule has 0 unspecified atom stereocenters. The third-order valence-corrected chi connectivity index (χ3v) is 2.55. The van der Waals surface area contributed by atoms with Crippen LogP contribution in [0.3, 0.4) is 0 Å². The van der Waals surface area contributed by atoms with Crippen LogP contribution in [0.15, 0.2) is 12.1 Å². The molecule has 0 radical (unpaired) electrons. The Labute approximate surface area is 82.1 Å². The van der Waals surface area contributed by atoms with E-state index in [1.54, 1.807) is 6.07 Å². The minimum atomic E-state index is -0.354. The van der Waals surface area contributed by atoms with Crippen molar-refractivity contribution in [2.75, 3.05) is 0 Å². The molecule has 0 aliphatic carbocycles. The van der Waals surface area contributed by atoms with Gasteiger partial charge in [0.05, 0.1) is 5.56 Å². The number of hydrogen-bond acceptors (Lipinski definition) is 1. The molecule has 2 rings (SSSR count). The van der Waals surface area contributed by atoms with Crippen LogP contribution >= 0.6 is 0 Å². The maximum absolute atomic E-state index is 13.8. The van der Waals surface area contributed by atoms with Crippen molar-refractivity contribution >= 4 is 5.91 Å². The van der Waals surface area contributed by atoms with Gasteiger partial charge in [0.2, 0.25) is 0 Å². The molecule has 1 aromatic rings. The van der Waals surface area contributed by atoms with E-state index in [1.807, 2.05) is 19.9 Å². The smallest absolute Gasteiger partial charge is 0.254 e. The summed E-state index contributed by atoms with van der Waals surface area (Å²) in [4.78, 5) is 11.3. The van der Waals surface area contributed by atoms with E-state index in [-0.39, 0.29) is 23.2 Å². The Morgan fingerprint density at radius 2 is 2.14 bits per heavy atom. The van der Waals surface area contributed by atoms with Gasteiger partial charge in [-0.05, 0) is 17.0 Å². The molecule has 1 aliphatic rings. The van der Waals surface area contributed by atoms with E-state index in [1.165, 1.54) is 0 Å². The number of carbonyl (C=O) groups is 1. The molecule has 0 saturated heterocycles. The lowest BCUT2D eigenvalue weighted by molar-refractivity contribution is 0.0962. The minimum Gasteiger partial charge on any atom is -0.348 e. The molecule has 0 spiro atoms. The zero-order valence-corrected chi connectivity index (χ0v) is 8.23. The van der Waals surface area contributed by atoms with Gasteiger partial charge in [-0.15, -0.1) is 0 Å². The summed E-state index contributed by atoms with van der Waals surface area (Å²) in [5.41, 5.74) is 1.61. The Hall–Kier alpha value is -1.38. The highest BCUT2D eigenvalue weighted by Gasteiger charge is 2.25. The van der Waals surface area contributed by atoms with Crippen LogP contribution in [0.2, 0.25) is 0 Å². The van der Waals surface area contributed by atoms with Gasteiger partial charge in [0.1, 0.15) is 5.82 Å². The highest BCUT2D eigenvalue weighted by molar-refractivity contribution is 5.98. The largest absolute Gasteiger partial charge is 0.348 e. The Morgan fingerprint density at radius 1 is 1.43 bits per heavy atom. The lowest BCUT2D eigenvalue weighted by Gasteiger charge is -2.08. The second-order valence-electron chi connectivity index (χ2n) is 3.84. The van der Waals surface area contributed by atoms with Gasteiger partial charge in [0.25, 0.3) is 5.91 Å². The number of nitrogens with one attached hydrogen (secondary N) is 1. The fourth-order valence-corrected chi connectivity index (χ4v) is 1.73. The maximum atomic E-state index is 13.8. The summed E-state index contributed by atoms with van der Waals surface area (Å²) in [6.45, 7) is 4.28. The van der Waals surface area contributed by atoms with E-state index in [0.29, 0.717) is 12.1 Å². The van der Waals surface area contributed by atoms with Crippen molar-refractivity contribution in [3.63, 3.8) is 0 Å². The van der Waals surface area contributed by atoms with Gasteiger partial charge in [-0.3, -0.25) is 4.79 Å². The van der Waals surface area contributed by atoms with Crippen LogP contribution in [0.5, 0.6) is 0 Å². The number of benzene rings is 1. The van der Waals surface area contributed by atoms with Gasteiger partial charge in [-0.1, -0.05) is 26.0 Å². The predicted octanol–water partition coefficient (Wildman–Crippen LogP) is 2.19. The van der Waals surface area contributed by atoms with Crippen molar-refractivity contribution < 1.29 is 9.18 Å². The number of rotatable bonds is 1. The normalized spacial score (nSPS) is 14.4. The summed E-state index contributed by atoms with van der Waals surface area (Å²) in [6, 6.07) is 3.59. The summed E-state index contributed by atoms with van der Waals surface area (Å²) in [5.74, 6) is -0.541. The Bertz CT molecular complexity index is 399. The standard InChI is InChI=1S/C11H12FNO/c1-6(2)8-4-3-7-5-13-11(14)9(7)10(8)12/h3-4,6H,5H2,1-2H3,(H,13,14). The molecule has 0 bridgehead atoms. The van der Waals surface area contributed by atoms with Crippen molar-refractivity contribution in [1.29, 1.82) is 0 Å². The van der Waals surface area contributed by atoms with Crippen LogP contribution in [0, 0.1) is 5.82 Å². The molecular formula is C11H12FNO. The van der Waals surface area contributed by atoms with Crippen LogP contribution in [-0.2, 0) is 6.54 Å². The molecule has 1 heterocycles. The minimum absolute atomic E-state index is 0.105. The highest BCUT2D eigenvalue weighted by atomic mass is 19.1. The molecule has 0 fully saturated rings. The zero-order valence-electron chi connectivity index (χ0n) is 8.23. The summed E-state index contributed by atoms with van der Waals surface area (Å²) in [6.07, 6.45) is 0. The third-order valence-electron chi connectivity index (χ3n) is 2.55. The number of hydrogen-bond donors (Lipinski definition) is 1. The van der Waals surface area contributed by atoms with Crippen molar-refractivity contribution in [3.05, 3.63) is 34.6 Å². The van der Waals surface area contributed by atoms with Gasteiger partial charge >= 0.3 is 0 Å². The zero-order chi connectivity index (χ0) is 10.3. The monoisotopic (exact) mass is 193 g/mol. The molecule has 2 nitrogen and oxygen atoms in total. The number of carbonyl (C=O) groups excluding carboxylic acids is 1. The SMILES string of the molecule is CC(C)c1ccc2c(c1F)C(=O)NC2. The molecule has 1 amide bonds. The van der Waals surface area contributed by atoms with Crippen molar-refractivity contribution in [3.8, 4) is 0 Å². The number of fused-ring (bicyclic) bond motifs is 1.